The van der Waals surface area contributed by atoms with Crippen molar-refractivity contribution in [3.8, 4) is 5.75 Å². The summed E-state index contributed by atoms with van der Waals surface area (Å²) in [7, 11) is 0. The Balaban J connectivity index is 1.35. The van der Waals surface area contributed by atoms with Crippen molar-refractivity contribution in [3.05, 3.63) is 59.4 Å². The fourth-order valence-corrected chi connectivity index (χ4v) is 3.80. The molecule has 28 heavy (non-hydrogen) atoms. The highest BCUT2D eigenvalue weighted by molar-refractivity contribution is 8.01. The Morgan fingerprint density at radius 3 is 2.82 bits per heavy atom. The number of carbonyl (C=O) groups is 1. The van der Waals surface area contributed by atoms with Crippen LogP contribution >= 0.6 is 34.7 Å². The first-order valence-electron chi connectivity index (χ1n) is 8.22. The Morgan fingerprint density at radius 2 is 2.04 bits per heavy atom. The third-order valence-corrected chi connectivity index (χ3v) is 5.54. The van der Waals surface area contributed by atoms with Crippen LogP contribution in [0.15, 0.2) is 52.9 Å². The molecule has 1 aromatic heterocycles. The summed E-state index contributed by atoms with van der Waals surface area (Å²) in [5, 5.41) is 14.9. The van der Waals surface area contributed by atoms with Gasteiger partial charge < -0.3 is 15.4 Å². The molecule has 0 fully saturated rings. The van der Waals surface area contributed by atoms with Crippen molar-refractivity contribution in [2.75, 3.05) is 24.2 Å². The van der Waals surface area contributed by atoms with Crippen molar-refractivity contribution in [1.82, 2.24) is 15.5 Å². The average Bonchev–Trinajstić information content (AvgIpc) is 3.12. The summed E-state index contributed by atoms with van der Waals surface area (Å²) in [5.41, 5.74) is 0.589. The summed E-state index contributed by atoms with van der Waals surface area (Å²) in [6, 6.07) is 13.1. The molecule has 10 heteroatoms. The third-order valence-electron chi connectivity index (χ3n) is 3.32. The maximum atomic E-state index is 13.2. The number of anilines is 2. The molecule has 0 aliphatic carbocycles. The van der Waals surface area contributed by atoms with E-state index in [1.165, 1.54) is 35.2 Å². The lowest BCUT2D eigenvalue weighted by Crippen LogP contribution is -2.29. The van der Waals surface area contributed by atoms with Crippen molar-refractivity contribution in [2.45, 2.75) is 4.34 Å². The fraction of sp³-hybridized carbons (Fsp3) is 0.167. The van der Waals surface area contributed by atoms with E-state index in [1.54, 1.807) is 36.4 Å². The minimum atomic E-state index is -0.333. The van der Waals surface area contributed by atoms with Gasteiger partial charge in [-0.25, -0.2) is 4.39 Å². The zero-order valence-corrected chi connectivity index (χ0v) is 16.9. The van der Waals surface area contributed by atoms with Gasteiger partial charge in [-0.05, 0) is 42.5 Å². The molecular formula is C18H16ClFN4O2S2. The highest BCUT2D eigenvalue weighted by atomic mass is 35.5. The topological polar surface area (TPSA) is 76.1 Å². The summed E-state index contributed by atoms with van der Waals surface area (Å²) in [5.74, 6) is 0.454. The van der Waals surface area contributed by atoms with Gasteiger partial charge in [0.25, 0.3) is 0 Å². The van der Waals surface area contributed by atoms with Gasteiger partial charge in [-0.1, -0.05) is 40.8 Å². The van der Waals surface area contributed by atoms with Crippen LogP contribution in [0.1, 0.15) is 0 Å². The van der Waals surface area contributed by atoms with Crippen LogP contribution < -0.4 is 15.4 Å². The van der Waals surface area contributed by atoms with Gasteiger partial charge in [0, 0.05) is 10.7 Å². The molecule has 0 bridgehead atoms. The van der Waals surface area contributed by atoms with Crippen LogP contribution in [0.4, 0.5) is 15.2 Å². The lowest BCUT2D eigenvalue weighted by Gasteiger charge is -2.07. The van der Waals surface area contributed by atoms with Gasteiger partial charge in [-0.15, -0.1) is 10.2 Å². The normalized spacial score (nSPS) is 10.5. The van der Waals surface area contributed by atoms with E-state index in [9.17, 15) is 9.18 Å². The number of halogens is 2. The number of nitrogens with one attached hydrogen (secondary N) is 2. The molecule has 0 saturated carbocycles. The molecule has 3 rings (SSSR count). The minimum absolute atomic E-state index is 0.125. The second-order valence-electron chi connectivity index (χ2n) is 5.45. The number of rotatable bonds is 9. The maximum Gasteiger partial charge on any atom is 0.230 e. The number of nitrogens with zero attached hydrogens (tertiary/aromatic N) is 2. The first-order chi connectivity index (χ1) is 13.6. The molecule has 3 aromatic rings. The number of aromatic nitrogens is 2. The van der Waals surface area contributed by atoms with E-state index in [0.29, 0.717) is 39.1 Å². The highest BCUT2D eigenvalue weighted by Gasteiger charge is 2.08. The molecule has 1 amide bonds. The van der Waals surface area contributed by atoms with Gasteiger partial charge in [0.15, 0.2) is 4.34 Å². The van der Waals surface area contributed by atoms with Gasteiger partial charge in [0.05, 0.1) is 12.3 Å². The first kappa shape index (κ1) is 20.4. The van der Waals surface area contributed by atoms with E-state index >= 15 is 0 Å². The maximum absolute atomic E-state index is 13.2. The van der Waals surface area contributed by atoms with Crippen LogP contribution in [0.3, 0.4) is 0 Å². The molecule has 0 spiro atoms. The SMILES string of the molecule is O=C(CSc1nnc(Nc2cccc(F)c2)s1)NCCOc1ccc(Cl)cc1. The minimum Gasteiger partial charge on any atom is -0.492 e. The number of thioether (sulfide) groups is 1. The molecule has 2 N–H and O–H groups in total. The molecule has 0 unspecified atom stereocenters. The van der Waals surface area contributed by atoms with Gasteiger partial charge in [-0.3, -0.25) is 4.79 Å². The van der Waals surface area contributed by atoms with Crippen molar-refractivity contribution < 1.29 is 13.9 Å². The molecule has 0 atom stereocenters. The van der Waals surface area contributed by atoms with Gasteiger partial charge in [-0.2, -0.15) is 0 Å². The number of ether oxygens (including phenoxy) is 1. The van der Waals surface area contributed by atoms with Crippen LogP contribution in [0.25, 0.3) is 0 Å². The second-order valence-corrected chi connectivity index (χ2v) is 8.09. The monoisotopic (exact) mass is 438 g/mol. The number of hydrogen-bond acceptors (Lipinski definition) is 7. The molecule has 0 saturated heterocycles. The molecule has 0 aliphatic heterocycles. The molecule has 1 heterocycles. The van der Waals surface area contributed by atoms with E-state index in [1.807, 2.05) is 0 Å². The molecule has 146 valence electrons. The van der Waals surface area contributed by atoms with Crippen LogP contribution in [-0.4, -0.2) is 35.0 Å². The Morgan fingerprint density at radius 1 is 1.21 bits per heavy atom. The zero-order valence-electron chi connectivity index (χ0n) is 14.5. The van der Waals surface area contributed by atoms with Gasteiger partial charge >= 0.3 is 0 Å². The molecular weight excluding hydrogens is 423 g/mol. The van der Waals surface area contributed by atoms with Crippen molar-refractivity contribution in [2.24, 2.45) is 0 Å². The predicted octanol–water partition coefficient (Wildman–Crippen LogP) is 4.36. The molecule has 2 aromatic carbocycles. The van der Waals surface area contributed by atoms with Crippen LogP contribution in [0.2, 0.25) is 5.02 Å². The van der Waals surface area contributed by atoms with Gasteiger partial charge in [0.2, 0.25) is 11.0 Å². The smallest absolute Gasteiger partial charge is 0.230 e. The number of carbonyl (C=O) groups excluding carboxylic acids is 1. The van der Waals surface area contributed by atoms with Crippen LogP contribution in [0.5, 0.6) is 5.75 Å². The fourth-order valence-electron chi connectivity index (χ4n) is 2.08. The van der Waals surface area contributed by atoms with Crippen LogP contribution in [-0.2, 0) is 4.79 Å². The largest absolute Gasteiger partial charge is 0.492 e. The van der Waals surface area contributed by atoms with Crippen LogP contribution in [0, 0.1) is 5.82 Å². The summed E-state index contributed by atoms with van der Waals surface area (Å²) < 4.78 is 19.3. The Kier molecular flexibility index (Phi) is 7.46. The van der Waals surface area contributed by atoms with Gasteiger partial charge in [0.1, 0.15) is 18.2 Å². The summed E-state index contributed by atoms with van der Waals surface area (Å²) in [4.78, 5) is 11.9. The van der Waals surface area contributed by atoms with E-state index in [4.69, 9.17) is 16.3 Å². The third kappa shape index (κ3) is 6.66. The first-order valence-corrected chi connectivity index (χ1v) is 10.4. The molecule has 0 aliphatic rings. The predicted molar refractivity (Wildman–Crippen MR) is 110 cm³/mol. The Hall–Kier alpha value is -2.36. The standard InChI is InChI=1S/C18H16ClFN4O2S2/c19-12-4-6-15(7-5-12)26-9-8-21-16(25)11-27-18-24-23-17(28-18)22-14-3-1-2-13(20)10-14/h1-7,10H,8-9,11H2,(H,21,25)(H,22,23). The quantitative estimate of drug-likeness (QED) is 0.382. The zero-order chi connectivity index (χ0) is 19.8. The highest BCUT2D eigenvalue weighted by Crippen LogP contribution is 2.27. The lowest BCUT2D eigenvalue weighted by molar-refractivity contribution is -0.118. The Bertz CT molecular complexity index is 924. The number of benzene rings is 2. The van der Waals surface area contributed by atoms with E-state index in [-0.39, 0.29) is 17.5 Å². The molecule has 0 radical (unpaired) electrons. The number of amides is 1. The van der Waals surface area contributed by atoms with Crippen molar-refractivity contribution in [3.63, 3.8) is 0 Å². The van der Waals surface area contributed by atoms with E-state index < -0.39 is 0 Å². The van der Waals surface area contributed by atoms with E-state index in [2.05, 4.69) is 20.8 Å². The average molecular weight is 439 g/mol. The van der Waals surface area contributed by atoms with E-state index in [0.717, 1.165) is 0 Å². The second kappa shape index (κ2) is 10.3. The van der Waals surface area contributed by atoms with Crippen molar-refractivity contribution >= 4 is 51.4 Å². The summed E-state index contributed by atoms with van der Waals surface area (Å²) in [6.07, 6.45) is 0. The summed E-state index contributed by atoms with van der Waals surface area (Å²) in [6.45, 7) is 0.753. The molecule has 6 nitrogen and oxygen atoms in total. The lowest BCUT2D eigenvalue weighted by atomic mass is 10.3. The van der Waals surface area contributed by atoms with Crippen molar-refractivity contribution in [1.29, 1.82) is 0 Å². The number of hydrogen-bond donors (Lipinski definition) is 2. The Labute approximate surface area is 174 Å². The summed E-state index contributed by atoms with van der Waals surface area (Å²) >= 11 is 8.38.